The van der Waals surface area contributed by atoms with E-state index in [1.807, 2.05) is 4.90 Å². The summed E-state index contributed by atoms with van der Waals surface area (Å²) in [6.07, 6.45) is -0.154. The Morgan fingerprint density at radius 1 is 1.47 bits per heavy atom. The normalized spacial score (nSPS) is 21.3. The lowest BCUT2D eigenvalue weighted by Gasteiger charge is -2.17. The largest absolute Gasteiger partial charge is 0.397 e. The van der Waals surface area contributed by atoms with Gasteiger partial charge in [-0.2, -0.15) is 0 Å². The molecule has 0 amide bonds. The molecule has 0 aliphatic carbocycles. The third-order valence-corrected chi connectivity index (χ3v) is 2.68. The monoisotopic (exact) mass is 213 g/mol. The van der Waals surface area contributed by atoms with E-state index < -0.39 is 12.3 Å². The van der Waals surface area contributed by atoms with E-state index in [9.17, 15) is 8.78 Å². The van der Waals surface area contributed by atoms with E-state index in [1.165, 1.54) is 0 Å². The van der Waals surface area contributed by atoms with Gasteiger partial charge in [-0.15, -0.1) is 0 Å². The predicted molar refractivity (Wildman–Crippen MR) is 55.0 cm³/mol. The van der Waals surface area contributed by atoms with Gasteiger partial charge in [0.1, 0.15) is 5.82 Å². The van der Waals surface area contributed by atoms with Crippen LogP contribution in [0.25, 0.3) is 0 Å². The van der Waals surface area contributed by atoms with E-state index in [0.717, 1.165) is 5.82 Å². The quantitative estimate of drug-likeness (QED) is 0.813. The molecule has 15 heavy (non-hydrogen) atoms. The van der Waals surface area contributed by atoms with E-state index >= 15 is 0 Å². The van der Waals surface area contributed by atoms with Crippen LogP contribution < -0.4 is 10.6 Å². The highest BCUT2D eigenvalue weighted by Crippen LogP contribution is 2.26. The molecule has 1 aromatic heterocycles. The van der Waals surface area contributed by atoms with Gasteiger partial charge in [0.2, 0.25) is 6.43 Å². The molecule has 2 heterocycles. The lowest BCUT2D eigenvalue weighted by atomic mass is 10.1. The smallest absolute Gasteiger partial charge is 0.243 e. The Kier molecular flexibility index (Phi) is 2.70. The molecule has 2 rings (SSSR count). The zero-order valence-corrected chi connectivity index (χ0v) is 8.24. The molecule has 1 aromatic rings. The Labute approximate surface area is 86.9 Å². The number of rotatable bonds is 2. The maximum Gasteiger partial charge on any atom is 0.243 e. The molecule has 1 aliphatic rings. The summed E-state index contributed by atoms with van der Waals surface area (Å²) >= 11 is 0. The minimum atomic E-state index is -2.23. The summed E-state index contributed by atoms with van der Waals surface area (Å²) in [5.74, 6) is 0.205. The summed E-state index contributed by atoms with van der Waals surface area (Å²) in [6.45, 7) is 1.03. The van der Waals surface area contributed by atoms with Crippen molar-refractivity contribution < 1.29 is 8.78 Å². The number of hydrogen-bond donors (Lipinski definition) is 1. The van der Waals surface area contributed by atoms with Crippen LogP contribution in [0.3, 0.4) is 0 Å². The number of nitrogens with two attached hydrogens (primary N) is 1. The molecule has 1 saturated heterocycles. The van der Waals surface area contributed by atoms with Crippen molar-refractivity contribution in [3.05, 3.63) is 18.3 Å². The number of halogens is 2. The molecule has 2 N–H and O–H groups in total. The van der Waals surface area contributed by atoms with Gasteiger partial charge in [-0.05, 0) is 18.6 Å². The summed E-state index contributed by atoms with van der Waals surface area (Å²) in [4.78, 5) is 5.98. The van der Waals surface area contributed by atoms with Crippen LogP contribution in [0, 0.1) is 5.92 Å². The predicted octanol–water partition coefficient (Wildman–Crippen LogP) is 1.76. The second-order valence-corrected chi connectivity index (χ2v) is 3.78. The van der Waals surface area contributed by atoms with Crippen molar-refractivity contribution in [3.8, 4) is 0 Å². The lowest BCUT2D eigenvalue weighted by Crippen LogP contribution is -2.22. The summed E-state index contributed by atoms with van der Waals surface area (Å²) in [5.41, 5.74) is 6.09. The second kappa shape index (κ2) is 4.00. The Bertz CT molecular complexity index is 326. The molecular weight excluding hydrogens is 200 g/mol. The lowest BCUT2D eigenvalue weighted by molar-refractivity contribution is 0.0880. The van der Waals surface area contributed by atoms with Crippen LogP contribution in [0.2, 0.25) is 0 Å². The topological polar surface area (TPSA) is 42.1 Å². The Morgan fingerprint density at radius 2 is 2.27 bits per heavy atom. The number of pyridine rings is 1. The Balaban J connectivity index is 2.04. The van der Waals surface area contributed by atoms with E-state index in [1.54, 1.807) is 18.3 Å². The van der Waals surface area contributed by atoms with Crippen molar-refractivity contribution in [2.24, 2.45) is 5.92 Å². The van der Waals surface area contributed by atoms with Crippen LogP contribution in [0.5, 0.6) is 0 Å². The van der Waals surface area contributed by atoms with Crippen LogP contribution in [0.4, 0.5) is 20.3 Å². The van der Waals surface area contributed by atoms with Gasteiger partial charge >= 0.3 is 0 Å². The van der Waals surface area contributed by atoms with Gasteiger partial charge in [0.15, 0.2) is 0 Å². The van der Waals surface area contributed by atoms with Gasteiger partial charge in [-0.1, -0.05) is 0 Å². The van der Waals surface area contributed by atoms with Gasteiger partial charge in [-0.3, -0.25) is 0 Å². The Morgan fingerprint density at radius 3 is 2.80 bits per heavy atom. The number of alkyl halides is 2. The highest BCUT2D eigenvalue weighted by atomic mass is 19.3. The molecular formula is C10H13F2N3. The zero-order chi connectivity index (χ0) is 10.8. The molecule has 3 nitrogen and oxygen atoms in total. The van der Waals surface area contributed by atoms with E-state index in [-0.39, 0.29) is 0 Å². The number of anilines is 2. The SMILES string of the molecule is Nc1ccc(N2CC[C@H](C(F)F)C2)nc1. The summed E-state index contributed by atoms with van der Waals surface area (Å²) < 4.78 is 24.9. The second-order valence-electron chi connectivity index (χ2n) is 3.78. The third-order valence-electron chi connectivity index (χ3n) is 2.68. The molecule has 1 fully saturated rings. The van der Waals surface area contributed by atoms with Crippen molar-refractivity contribution in [1.82, 2.24) is 4.98 Å². The first-order valence-corrected chi connectivity index (χ1v) is 4.91. The highest BCUT2D eigenvalue weighted by Gasteiger charge is 2.29. The molecule has 0 bridgehead atoms. The third kappa shape index (κ3) is 2.16. The molecule has 5 heteroatoms. The van der Waals surface area contributed by atoms with Crippen molar-refractivity contribution >= 4 is 11.5 Å². The summed E-state index contributed by atoms with van der Waals surface area (Å²) in [5, 5.41) is 0. The first kappa shape index (κ1) is 10.1. The van der Waals surface area contributed by atoms with Gasteiger partial charge in [-0.25, -0.2) is 13.8 Å². The number of nitrogens with zero attached hydrogens (tertiary/aromatic N) is 2. The maximum absolute atomic E-state index is 12.4. The molecule has 0 saturated carbocycles. The fraction of sp³-hybridized carbons (Fsp3) is 0.500. The van der Waals surface area contributed by atoms with Crippen LogP contribution in [-0.2, 0) is 0 Å². The van der Waals surface area contributed by atoms with E-state index in [0.29, 0.717) is 25.2 Å². The maximum atomic E-state index is 12.4. The minimum Gasteiger partial charge on any atom is -0.397 e. The van der Waals surface area contributed by atoms with Crippen molar-refractivity contribution in [2.75, 3.05) is 23.7 Å². The molecule has 0 radical (unpaired) electrons. The van der Waals surface area contributed by atoms with Crippen LogP contribution >= 0.6 is 0 Å². The fourth-order valence-electron chi connectivity index (χ4n) is 1.79. The summed E-state index contributed by atoms with van der Waals surface area (Å²) in [7, 11) is 0. The summed E-state index contributed by atoms with van der Waals surface area (Å²) in [6, 6.07) is 3.50. The first-order valence-electron chi connectivity index (χ1n) is 4.91. The molecule has 0 spiro atoms. The van der Waals surface area contributed by atoms with Gasteiger partial charge < -0.3 is 10.6 Å². The van der Waals surface area contributed by atoms with Crippen molar-refractivity contribution in [3.63, 3.8) is 0 Å². The molecule has 1 atom stereocenters. The van der Waals surface area contributed by atoms with Crippen molar-refractivity contribution in [1.29, 1.82) is 0 Å². The van der Waals surface area contributed by atoms with Crippen LogP contribution in [-0.4, -0.2) is 24.5 Å². The minimum absolute atomic E-state index is 0.384. The highest BCUT2D eigenvalue weighted by molar-refractivity contribution is 5.46. The Hall–Kier alpha value is -1.39. The fourth-order valence-corrected chi connectivity index (χ4v) is 1.79. The average Bonchev–Trinajstić information content (AvgIpc) is 2.68. The molecule has 0 aromatic carbocycles. The zero-order valence-electron chi connectivity index (χ0n) is 8.24. The average molecular weight is 213 g/mol. The number of aromatic nitrogens is 1. The first-order chi connectivity index (χ1) is 7.16. The number of hydrogen-bond acceptors (Lipinski definition) is 3. The van der Waals surface area contributed by atoms with Gasteiger partial charge in [0.25, 0.3) is 0 Å². The van der Waals surface area contributed by atoms with Crippen molar-refractivity contribution in [2.45, 2.75) is 12.8 Å². The van der Waals surface area contributed by atoms with E-state index in [4.69, 9.17) is 5.73 Å². The molecule has 0 unspecified atom stereocenters. The number of nitrogen functional groups attached to an aromatic ring is 1. The standard InChI is InChI=1S/C10H13F2N3/c11-10(12)7-3-4-15(6-7)9-2-1-8(13)5-14-9/h1-2,5,7,10H,3-4,6,13H2/t7-/m0/s1. The van der Waals surface area contributed by atoms with Crippen LogP contribution in [0.1, 0.15) is 6.42 Å². The van der Waals surface area contributed by atoms with Gasteiger partial charge in [0, 0.05) is 19.0 Å². The molecule has 82 valence electrons. The van der Waals surface area contributed by atoms with E-state index in [2.05, 4.69) is 4.98 Å². The van der Waals surface area contributed by atoms with Gasteiger partial charge in [0.05, 0.1) is 11.9 Å². The molecule has 1 aliphatic heterocycles. The van der Waals surface area contributed by atoms with Crippen LogP contribution in [0.15, 0.2) is 18.3 Å².